The van der Waals surface area contributed by atoms with Crippen LogP contribution in [-0.4, -0.2) is 34.5 Å². The van der Waals surface area contributed by atoms with E-state index in [-0.39, 0.29) is 18.5 Å². The smallest absolute Gasteiger partial charge is 0.324 e. The summed E-state index contributed by atoms with van der Waals surface area (Å²) in [7, 11) is 0. The van der Waals surface area contributed by atoms with E-state index in [4.69, 9.17) is 5.73 Å². The van der Waals surface area contributed by atoms with Crippen molar-refractivity contribution in [3.63, 3.8) is 0 Å². The fourth-order valence-corrected chi connectivity index (χ4v) is 2.72. The van der Waals surface area contributed by atoms with E-state index < -0.39 is 11.1 Å². The predicted octanol–water partition coefficient (Wildman–Crippen LogP) is 0.978. The van der Waals surface area contributed by atoms with Crippen molar-refractivity contribution in [2.75, 3.05) is 6.54 Å². The first-order valence-corrected chi connectivity index (χ1v) is 6.27. The van der Waals surface area contributed by atoms with Gasteiger partial charge in [0.2, 0.25) is 0 Å². The molecule has 1 saturated carbocycles. The van der Waals surface area contributed by atoms with Crippen LogP contribution in [0.1, 0.15) is 46.0 Å². The average Bonchev–Trinajstić information content (AvgIpc) is 2.43. The van der Waals surface area contributed by atoms with Crippen LogP contribution in [0.25, 0.3) is 0 Å². The number of rotatable bonds is 2. The first-order chi connectivity index (χ1) is 7.84. The molecule has 0 atom stereocenters. The third kappa shape index (κ3) is 2.29. The van der Waals surface area contributed by atoms with Crippen molar-refractivity contribution in [1.29, 1.82) is 0 Å². The molecule has 96 valence electrons. The molecule has 1 spiro atoms. The molecule has 1 heterocycles. The third-order valence-corrected chi connectivity index (χ3v) is 3.52. The van der Waals surface area contributed by atoms with Crippen LogP contribution < -0.4 is 11.1 Å². The Morgan fingerprint density at radius 3 is 2.41 bits per heavy atom. The lowest BCUT2D eigenvalue weighted by molar-refractivity contribution is -0.132. The lowest BCUT2D eigenvalue weighted by Gasteiger charge is -2.31. The SMILES string of the molecule is CC(C)(N)CN1C(=O)NC2(CCCCC2)C1=O. The van der Waals surface area contributed by atoms with Crippen molar-refractivity contribution in [3.8, 4) is 0 Å². The highest BCUT2D eigenvalue weighted by atomic mass is 16.2. The van der Waals surface area contributed by atoms with E-state index in [1.807, 2.05) is 13.8 Å². The molecule has 5 nitrogen and oxygen atoms in total. The van der Waals surface area contributed by atoms with Crippen molar-refractivity contribution in [3.05, 3.63) is 0 Å². The highest BCUT2D eigenvalue weighted by Crippen LogP contribution is 2.33. The number of amides is 3. The van der Waals surface area contributed by atoms with Gasteiger partial charge in [0.1, 0.15) is 5.54 Å². The molecule has 0 aromatic heterocycles. The lowest BCUT2D eigenvalue weighted by Crippen LogP contribution is -2.50. The molecule has 0 unspecified atom stereocenters. The minimum absolute atomic E-state index is 0.0827. The Morgan fingerprint density at radius 1 is 1.29 bits per heavy atom. The largest absolute Gasteiger partial charge is 0.325 e. The van der Waals surface area contributed by atoms with Gasteiger partial charge in [0.25, 0.3) is 5.91 Å². The summed E-state index contributed by atoms with van der Waals surface area (Å²) < 4.78 is 0. The van der Waals surface area contributed by atoms with Crippen LogP contribution >= 0.6 is 0 Å². The van der Waals surface area contributed by atoms with Crippen LogP contribution in [0.3, 0.4) is 0 Å². The monoisotopic (exact) mass is 239 g/mol. The van der Waals surface area contributed by atoms with Crippen molar-refractivity contribution in [2.24, 2.45) is 5.73 Å². The molecule has 3 amide bonds. The fraction of sp³-hybridized carbons (Fsp3) is 0.833. The number of hydrogen-bond donors (Lipinski definition) is 2. The zero-order valence-electron chi connectivity index (χ0n) is 10.6. The molecule has 2 fully saturated rings. The Morgan fingerprint density at radius 2 is 1.88 bits per heavy atom. The van der Waals surface area contributed by atoms with E-state index in [2.05, 4.69) is 5.32 Å². The maximum atomic E-state index is 12.4. The zero-order chi connectivity index (χ0) is 12.7. The number of imide groups is 1. The minimum Gasteiger partial charge on any atom is -0.324 e. The molecular formula is C12H21N3O2. The van der Waals surface area contributed by atoms with E-state index in [1.54, 1.807) is 0 Å². The number of carbonyl (C=O) groups is 2. The first-order valence-electron chi connectivity index (χ1n) is 6.27. The Labute approximate surface area is 102 Å². The second-order valence-electron chi connectivity index (χ2n) is 5.95. The van der Waals surface area contributed by atoms with Gasteiger partial charge in [-0.2, -0.15) is 0 Å². The topological polar surface area (TPSA) is 75.4 Å². The van der Waals surface area contributed by atoms with Crippen molar-refractivity contribution in [1.82, 2.24) is 10.2 Å². The predicted molar refractivity (Wildman–Crippen MR) is 64.3 cm³/mol. The van der Waals surface area contributed by atoms with E-state index in [1.165, 1.54) is 4.90 Å². The Balaban J connectivity index is 2.16. The van der Waals surface area contributed by atoms with Gasteiger partial charge < -0.3 is 11.1 Å². The van der Waals surface area contributed by atoms with E-state index in [9.17, 15) is 9.59 Å². The van der Waals surface area contributed by atoms with Crippen molar-refractivity contribution < 1.29 is 9.59 Å². The second kappa shape index (κ2) is 3.98. The second-order valence-corrected chi connectivity index (χ2v) is 5.95. The summed E-state index contributed by atoms with van der Waals surface area (Å²) in [5.41, 5.74) is 4.71. The maximum Gasteiger partial charge on any atom is 0.325 e. The molecule has 5 heteroatoms. The van der Waals surface area contributed by atoms with Crippen LogP contribution in [0.15, 0.2) is 0 Å². The number of urea groups is 1. The molecule has 0 bridgehead atoms. The quantitative estimate of drug-likeness (QED) is 0.705. The summed E-state index contributed by atoms with van der Waals surface area (Å²) in [6, 6.07) is -0.282. The Hall–Kier alpha value is -1.10. The number of hydrogen-bond acceptors (Lipinski definition) is 3. The molecule has 2 aliphatic rings. The molecular weight excluding hydrogens is 218 g/mol. The first kappa shape index (κ1) is 12.4. The van der Waals surface area contributed by atoms with Gasteiger partial charge in [-0.15, -0.1) is 0 Å². The van der Waals surface area contributed by atoms with Gasteiger partial charge in [-0.25, -0.2) is 4.79 Å². The summed E-state index contributed by atoms with van der Waals surface area (Å²) in [6.45, 7) is 3.91. The summed E-state index contributed by atoms with van der Waals surface area (Å²) in [5, 5.41) is 2.87. The molecule has 1 aliphatic heterocycles. The standard InChI is InChI=1S/C12H21N3O2/c1-11(2,13)8-15-9(16)12(14-10(15)17)6-4-3-5-7-12/h3-8,13H2,1-2H3,(H,14,17). The highest BCUT2D eigenvalue weighted by Gasteiger charge is 2.51. The van der Waals surface area contributed by atoms with Crippen LogP contribution in [0, 0.1) is 0 Å². The minimum atomic E-state index is -0.624. The third-order valence-electron chi connectivity index (χ3n) is 3.52. The summed E-state index contributed by atoms with van der Waals surface area (Å²) in [4.78, 5) is 25.5. The molecule has 0 aromatic rings. The number of nitrogens with zero attached hydrogens (tertiary/aromatic N) is 1. The van der Waals surface area contributed by atoms with Gasteiger partial charge in [-0.3, -0.25) is 9.69 Å². The molecule has 0 radical (unpaired) electrons. The lowest BCUT2D eigenvalue weighted by atomic mass is 9.81. The molecule has 2 rings (SSSR count). The van der Waals surface area contributed by atoms with E-state index in [0.29, 0.717) is 0 Å². The highest BCUT2D eigenvalue weighted by molar-refractivity contribution is 6.07. The van der Waals surface area contributed by atoms with E-state index in [0.717, 1.165) is 32.1 Å². The summed E-state index contributed by atoms with van der Waals surface area (Å²) in [5.74, 6) is -0.0827. The maximum absolute atomic E-state index is 12.4. The van der Waals surface area contributed by atoms with E-state index >= 15 is 0 Å². The number of nitrogens with two attached hydrogens (primary N) is 1. The summed E-state index contributed by atoms with van der Waals surface area (Å²) >= 11 is 0. The molecule has 17 heavy (non-hydrogen) atoms. The average molecular weight is 239 g/mol. The van der Waals surface area contributed by atoms with Gasteiger partial charge in [0.15, 0.2) is 0 Å². The van der Waals surface area contributed by atoms with Crippen LogP contribution in [-0.2, 0) is 4.79 Å². The number of nitrogens with one attached hydrogen (secondary N) is 1. The number of carbonyl (C=O) groups excluding carboxylic acids is 2. The van der Waals surface area contributed by atoms with Crippen molar-refractivity contribution in [2.45, 2.75) is 57.0 Å². The van der Waals surface area contributed by atoms with Gasteiger partial charge in [0, 0.05) is 12.1 Å². The van der Waals surface area contributed by atoms with Crippen LogP contribution in [0.2, 0.25) is 0 Å². The van der Waals surface area contributed by atoms with Gasteiger partial charge in [-0.05, 0) is 26.7 Å². The molecule has 1 aliphatic carbocycles. The van der Waals surface area contributed by atoms with Crippen molar-refractivity contribution >= 4 is 11.9 Å². The normalized spacial score (nSPS) is 24.3. The molecule has 3 N–H and O–H groups in total. The van der Waals surface area contributed by atoms with Gasteiger partial charge in [0.05, 0.1) is 0 Å². The fourth-order valence-electron chi connectivity index (χ4n) is 2.72. The summed E-state index contributed by atoms with van der Waals surface area (Å²) in [6.07, 6.45) is 4.68. The van der Waals surface area contributed by atoms with Crippen LogP contribution in [0.5, 0.6) is 0 Å². The van der Waals surface area contributed by atoms with Gasteiger partial charge in [-0.1, -0.05) is 19.3 Å². The Bertz CT molecular complexity index is 340. The van der Waals surface area contributed by atoms with Gasteiger partial charge >= 0.3 is 6.03 Å². The van der Waals surface area contributed by atoms with Crippen LogP contribution in [0.4, 0.5) is 4.79 Å². The Kier molecular flexibility index (Phi) is 2.89. The molecule has 0 aromatic carbocycles. The zero-order valence-corrected chi connectivity index (χ0v) is 10.6. The molecule has 1 saturated heterocycles.